The first-order valence-corrected chi connectivity index (χ1v) is 8.21. The van der Waals surface area contributed by atoms with Crippen LogP contribution in [-0.2, 0) is 20.8 Å². The van der Waals surface area contributed by atoms with Crippen LogP contribution >= 0.6 is 24.0 Å². The number of esters is 2. The second-order valence-corrected chi connectivity index (χ2v) is 5.86. The first-order chi connectivity index (χ1) is 12.0. The number of hydrogen-bond donors (Lipinski definition) is 1. The minimum atomic E-state index is -0.415. The monoisotopic (exact) mass is 479 g/mol. The van der Waals surface area contributed by atoms with Crippen LogP contribution in [0.1, 0.15) is 34.7 Å². The Hall–Kier alpha value is -1.78. The Morgan fingerprint density at radius 1 is 1.31 bits per heavy atom. The summed E-state index contributed by atoms with van der Waals surface area (Å²) in [6.07, 6.45) is 1.47. The second kappa shape index (κ2) is 10.4. The van der Waals surface area contributed by atoms with Crippen molar-refractivity contribution < 1.29 is 23.5 Å². The number of nitrogens with zero attached hydrogens (tertiary/aromatic N) is 2. The molecular weight excluding hydrogens is 453 g/mol. The third-order valence-electron chi connectivity index (χ3n) is 4.34. The van der Waals surface area contributed by atoms with Crippen LogP contribution in [0.5, 0.6) is 0 Å². The number of piperidine rings is 1. The van der Waals surface area contributed by atoms with Gasteiger partial charge in [0.2, 0.25) is 0 Å². The van der Waals surface area contributed by atoms with Crippen molar-refractivity contribution in [1.29, 1.82) is 0 Å². The molecule has 0 saturated carbocycles. The predicted molar refractivity (Wildman–Crippen MR) is 107 cm³/mol. The molecule has 1 aromatic heterocycles. The highest BCUT2D eigenvalue weighted by Crippen LogP contribution is 2.19. The SMILES string of the molecule is CN=C(NCc1cc(C(=O)OC)c(C)o1)N1CCC(C(=O)OC)CC1.I. The molecule has 1 aliphatic rings. The van der Waals surface area contributed by atoms with Crippen LogP contribution in [0.25, 0.3) is 0 Å². The minimum absolute atomic E-state index is 0. The van der Waals surface area contributed by atoms with Crippen LogP contribution in [0.4, 0.5) is 0 Å². The molecule has 1 aliphatic heterocycles. The molecule has 1 fully saturated rings. The zero-order valence-electron chi connectivity index (χ0n) is 15.5. The Bertz CT molecular complexity index is 651. The van der Waals surface area contributed by atoms with Gasteiger partial charge in [0.1, 0.15) is 17.1 Å². The number of likely N-dealkylation sites (tertiary alicyclic amines) is 1. The third kappa shape index (κ3) is 5.36. The Balaban J connectivity index is 0.00000338. The average molecular weight is 479 g/mol. The number of ether oxygens (including phenoxy) is 2. The number of nitrogens with one attached hydrogen (secondary N) is 1. The van der Waals surface area contributed by atoms with Gasteiger partial charge in [-0.2, -0.15) is 0 Å². The number of carbonyl (C=O) groups excluding carboxylic acids is 2. The van der Waals surface area contributed by atoms with Crippen molar-refractivity contribution in [1.82, 2.24) is 10.2 Å². The van der Waals surface area contributed by atoms with E-state index in [4.69, 9.17) is 13.9 Å². The average Bonchev–Trinajstić information content (AvgIpc) is 3.02. The summed E-state index contributed by atoms with van der Waals surface area (Å²) in [7, 11) is 4.47. The molecule has 0 amide bonds. The standard InChI is InChI=1S/C17H25N3O5.HI/c1-11-14(16(22)24-4)9-13(25-11)10-19-17(18-2)20-7-5-12(6-8-20)15(21)23-3;/h9,12H,5-8,10H2,1-4H3,(H,18,19);1H. The molecule has 2 rings (SSSR count). The molecule has 0 aliphatic carbocycles. The highest BCUT2D eigenvalue weighted by molar-refractivity contribution is 14.0. The number of guanidine groups is 1. The maximum Gasteiger partial charge on any atom is 0.341 e. The van der Waals surface area contributed by atoms with Gasteiger partial charge in [0.25, 0.3) is 0 Å². The number of aryl methyl sites for hydroxylation is 1. The van der Waals surface area contributed by atoms with Crippen LogP contribution < -0.4 is 5.32 Å². The molecule has 0 atom stereocenters. The lowest BCUT2D eigenvalue weighted by molar-refractivity contribution is -0.146. The van der Waals surface area contributed by atoms with Gasteiger partial charge in [-0.1, -0.05) is 0 Å². The molecule has 146 valence electrons. The number of hydrogen-bond acceptors (Lipinski definition) is 6. The zero-order valence-corrected chi connectivity index (χ0v) is 17.9. The van der Waals surface area contributed by atoms with Crippen molar-refractivity contribution in [2.75, 3.05) is 34.4 Å². The van der Waals surface area contributed by atoms with E-state index in [1.54, 1.807) is 20.0 Å². The number of carbonyl (C=O) groups is 2. The smallest absolute Gasteiger partial charge is 0.341 e. The summed E-state index contributed by atoms with van der Waals surface area (Å²) in [6.45, 7) is 3.58. The van der Waals surface area contributed by atoms with Gasteiger partial charge in [-0.15, -0.1) is 24.0 Å². The van der Waals surface area contributed by atoms with Gasteiger partial charge in [-0.25, -0.2) is 4.79 Å². The fourth-order valence-corrected chi connectivity index (χ4v) is 2.94. The molecule has 1 N–H and O–H groups in total. The molecular formula is C17H26IN3O5. The first-order valence-electron chi connectivity index (χ1n) is 8.21. The third-order valence-corrected chi connectivity index (χ3v) is 4.34. The maximum absolute atomic E-state index is 11.6. The van der Waals surface area contributed by atoms with E-state index < -0.39 is 5.97 Å². The van der Waals surface area contributed by atoms with E-state index in [1.165, 1.54) is 14.2 Å². The molecule has 0 spiro atoms. The van der Waals surface area contributed by atoms with Crippen molar-refractivity contribution in [3.8, 4) is 0 Å². The van der Waals surface area contributed by atoms with Crippen LogP contribution in [-0.4, -0.2) is 57.2 Å². The van der Waals surface area contributed by atoms with Gasteiger partial charge in [0.15, 0.2) is 5.96 Å². The second-order valence-electron chi connectivity index (χ2n) is 5.86. The molecule has 2 heterocycles. The molecule has 8 nitrogen and oxygen atoms in total. The van der Waals surface area contributed by atoms with Crippen molar-refractivity contribution in [2.24, 2.45) is 10.9 Å². The van der Waals surface area contributed by atoms with Crippen molar-refractivity contribution in [2.45, 2.75) is 26.3 Å². The van der Waals surface area contributed by atoms with Crippen molar-refractivity contribution >= 4 is 41.9 Å². The summed E-state index contributed by atoms with van der Waals surface area (Å²) in [4.78, 5) is 29.6. The Morgan fingerprint density at radius 2 is 1.96 bits per heavy atom. The van der Waals surface area contributed by atoms with E-state index >= 15 is 0 Å². The molecule has 9 heteroatoms. The lowest BCUT2D eigenvalue weighted by atomic mass is 9.97. The van der Waals surface area contributed by atoms with Crippen molar-refractivity contribution in [3.63, 3.8) is 0 Å². The molecule has 0 bridgehead atoms. The topological polar surface area (TPSA) is 93.4 Å². The molecule has 1 saturated heterocycles. The lowest BCUT2D eigenvalue weighted by Gasteiger charge is -2.33. The summed E-state index contributed by atoms with van der Waals surface area (Å²) in [5.74, 6) is 1.28. The van der Waals surface area contributed by atoms with Crippen LogP contribution in [0.2, 0.25) is 0 Å². The first kappa shape index (κ1) is 22.3. The molecule has 0 radical (unpaired) electrons. The van der Waals surface area contributed by atoms with E-state index in [9.17, 15) is 9.59 Å². The van der Waals surface area contributed by atoms with Gasteiger partial charge in [0, 0.05) is 20.1 Å². The number of halogens is 1. The largest absolute Gasteiger partial charge is 0.469 e. The van der Waals surface area contributed by atoms with Crippen LogP contribution in [0.3, 0.4) is 0 Å². The number of methoxy groups -OCH3 is 2. The number of furan rings is 1. The number of aliphatic imine (C=N–C) groups is 1. The fourth-order valence-electron chi connectivity index (χ4n) is 2.94. The van der Waals surface area contributed by atoms with Crippen molar-refractivity contribution in [3.05, 3.63) is 23.2 Å². The summed E-state index contributed by atoms with van der Waals surface area (Å²) < 4.78 is 15.1. The molecule has 26 heavy (non-hydrogen) atoms. The highest BCUT2D eigenvalue weighted by atomic mass is 127. The maximum atomic E-state index is 11.6. The van der Waals surface area contributed by atoms with Gasteiger partial charge in [0.05, 0.1) is 26.7 Å². The fraction of sp³-hybridized carbons (Fsp3) is 0.588. The van der Waals surface area contributed by atoms with Gasteiger partial charge in [-0.3, -0.25) is 9.79 Å². The minimum Gasteiger partial charge on any atom is -0.469 e. The molecule has 0 aromatic carbocycles. The van der Waals surface area contributed by atoms with E-state index in [-0.39, 0.29) is 35.9 Å². The molecule has 1 aromatic rings. The summed E-state index contributed by atoms with van der Waals surface area (Å²) >= 11 is 0. The quantitative estimate of drug-likeness (QED) is 0.306. The summed E-state index contributed by atoms with van der Waals surface area (Å²) in [6, 6.07) is 1.67. The highest BCUT2D eigenvalue weighted by Gasteiger charge is 2.27. The van der Waals surface area contributed by atoms with E-state index in [1.807, 2.05) is 0 Å². The Labute approximate surface area is 170 Å². The summed E-state index contributed by atoms with van der Waals surface area (Å²) in [5.41, 5.74) is 0.424. The van der Waals surface area contributed by atoms with E-state index in [0.29, 0.717) is 23.6 Å². The predicted octanol–water partition coefficient (Wildman–Crippen LogP) is 1.95. The summed E-state index contributed by atoms with van der Waals surface area (Å²) in [5, 5.41) is 3.22. The van der Waals surface area contributed by atoms with Crippen LogP contribution in [0.15, 0.2) is 15.5 Å². The van der Waals surface area contributed by atoms with Gasteiger partial charge in [-0.05, 0) is 25.8 Å². The normalized spacial score (nSPS) is 15.2. The van der Waals surface area contributed by atoms with Gasteiger partial charge >= 0.3 is 11.9 Å². The Morgan fingerprint density at radius 3 is 2.50 bits per heavy atom. The van der Waals surface area contributed by atoms with E-state index in [0.717, 1.165) is 31.9 Å². The zero-order chi connectivity index (χ0) is 18.4. The molecule has 0 unspecified atom stereocenters. The van der Waals surface area contributed by atoms with Crippen LogP contribution in [0, 0.1) is 12.8 Å². The lowest BCUT2D eigenvalue weighted by Crippen LogP contribution is -2.46. The van der Waals surface area contributed by atoms with E-state index in [2.05, 4.69) is 15.2 Å². The Kier molecular flexibility index (Phi) is 8.89. The van der Waals surface area contributed by atoms with Gasteiger partial charge < -0.3 is 24.1 Å². The number of rotatable bonds is 4.